The lowest BCUT2D eigenvalue weighted by atomic mass is 9.97. The van der Waals surface area contributed by atoms with Crippen LogP contribution in [0.2, 0.25) is 0 Å². The number of piperidine rings is 1. The van der Waals surface area contributed by atoms with Gasteiger partial charge < -0.3 is 9.88 Å². The highest BCUT2D eigenvalue weighted by Crippen LogP contribution is 2.30. The van der Waals surface area contributed by atoms with Gasteiger partial charge in [-0.15, -0.1) is 21.5 Å². The van der Waals surface area contributed by atoms with E-state index in [9.17, 15) is 4.79 Å². The molecule has 0 bridgehead atoms. The van der Waals surface area contributed by atoms with Gasteiger partial charge in [-0.05, 0) is 57.9 Å². The van der Waals surface area contributed by atoms with Crippen molar-refractivity contribution in [1.29, 1.82) is 0 Å². The maximum Gasteiger partial charge on any atom is 0.240 e. The van der Waals surface area contributed by atoms with Crippen LogP contribution >= 0.6 is 11.3 Å². The summed E-state index contributed by atoms with van der Waals surface area (Å²) in [6, 6.07) is 0. The quantitative estimate of drug-likeness (QED) is 0.832. The maximum absolute atomic E-state index is 12.6. The summed E-state index contributed by atoms with van der Waals surface area (Å²) in [5.41, 5.74) is 1.20. The standard InChI is InChI=1S/C21H30N6OS/c28-19(23-21-22-16-8-3-4-9-17(16)29-21)14-26-11-6-7-15(13-26)20-25-24-18-10-2-1-5-12-27(18)20/h15H,1-14H2,(H,22,23,28). The van der Waals surface area contributed by atoms with Crippen molar-refractivity contribution < 1.29 is 4.79 Å². The second-order valence-electron chi connectivity index (χ2n) is 8.66. The fraction of sp³-hybridized carbons (Fsp3) is 0.714. The highest BCUT2D eigenvalue weighted by atomic mass is 32.1. The lowest BCUT2D eigenvalue weighted by Gasteiger charge is -2.31. The van der Waals surface area contributed by atoms with Crippen LogP contribution in [0.15, 0.2) is 0 Å². The zero-order chi connectivity index (χ0) is 19.6. The first-order valence-corrected chi connectivity index (χ1v) is 12.0. The average Bonchev–Trinajstić information content (AvgIpc) is 3.24. The number of aryl methyl sites for hydroxylation is 3. The molecular weight excluding hydrogens is 384 g/mol. The molecule has 2 aromatic rings. The van der Waals surface area contributed by atoms with Gasteiger partial charge in [-0.25, -0.2) is 4.98 Å². The SMILES string of the molecule is O=C(CN1CCCC(c2nnc3n2CCCCC3)C1)Nc1nc2c(s1)CCCC2. The normalized spacial score (nSPS) is 22.6. The van der Waals surface area contributed by atoms with Gasteiger partial charge >= 0.3 is 0 Å². The van der Waals surface area contributed by atoms with Crippen LogP contribution in [0, 0.1) is 0 Å². The molecule has 2 aliphatic heterocycles. The van der Waals surface area contributed by atoms with Crippen LogP contribution in [0.3, 0.4) is 0 Å². The van der Waals surface area contributed by atoms with Gasteiger partial charge in [0.25, 0.3) is 0 Å². The molecular formula is C21H30N6OS. The molecule has 1 aliphatic carbocycles. The number of nitrogens with one attached hydrogen (secondary N) is 1. The number of aromatic nitrogens is 4. The molecule has 0 aromatic carbocycles. The predicted octanol–water partition coefficient (Wildman–Crippen LogP) is 3.16. The summed E-state index contributed by atoms with van der Waals surface area (Å²) < 4.78 is 2.36. The third-order valence-electron chi connectivity index (χ3n) is 6.47. The van der Waals surface area contributed by atoms with Gasteiger partial charge in [-0.2, -0.15) is 0 Å². The molecule has 8 heteroatoms. The molecule has 5 rings (SSSR count). The zero-order valence-electron chi connectivity index (χ0n) is 17.0. The van der Waals surface area contributed by atoms with Crippen LogP contribution in [0.4, 0.5) is 5.13 Å². The Labute approximate surface area is 175 Å². The summed E-state index contributed by atoms with van der Waals surface area (Å²) in [4.78, 5) is 20.9. The smallest absolute Gasteiger partial charge is 0.240 e. The second kappa shape index (κ2) is 8.52. The van der Waals surface area contributed by atoms with Crippen molar-refractivity contribution in [1.82, 2.24) is 24.6 Å². The highest BCUT2D eigenvalue weighted by molar-refractivity contribution is 7.15. The van der Waals surface area contributed by atoms with E-state index < -0.39 is 0 Å². The molecule has 29 heavy (non-hydrogen) atoms. The van der Waals surface area contributed by atoms with Crippen LogP contribution in [0.5, 0.6) is 0 Å². The Balaban J connectivity index is 1.20. The molecule has 0 radical (unpaired) electrons. The van der Waals surface area contributed by atoms with Crippen LogP contribution in [-0.2, 0) is 30.6 Å². The first-order valence-electron chi connectivity index (χ1n) is 11.2. The number of carbonyl (C=O) groups is 1. The van der Waals surface area contributed by atoms with Crippen molar-refractivity contribution in [3.63, 3.8) is 0 Å². The van der Waals surface area contributed by atoms with E-state index >= 15 is 0 Å². The van der Waals surface area contributed by atoms with E-state index in [0.717, 1.165) is 68.5 Å². The topological polar surface area (TPSA) is 75.9 Å². The number of likely N-dealkylation sites (tertiary alicyclic amines) is 1. The minimum Gasteiger partial charge on any atom is -0.315 e. The van der Waals surface area contributed by atoms with E-state index in [0.29, 0.717) is 12.5 Å². The van der Waals surface area contributed by atoms with E-state index in [-0.39, 0.29) is 5.91 Å². The van der Waals surface area contributed by atoms with Crippen molar-refractivity contribution in [2.24, 2.45) is 0 Å². The Morgan fingerprint density at radius 1 is 1.03 bits per heavy atom. The maximum atomic E-state index is 12.6. The molecule has 3 aliphatic rings. The van der Waals surface area contributed by atoms with Gasteiger partial charge in [-0.3, -0.25) is 9.69 Å². The van der Waals surface area contributed by atoms with E-state index in [2.05, 4.69) is 30.0 Å². The number of carbonyl (C=O) groups excluding carboxylic acids is 1. The Bertz CT molecular complexity index is 851. The van der Waals surface area contributed by atoms with Crippen molar-refractivity contribution in [3.8, 4) is 0 Å². The number of thiazole rings is 1. The van der Waals surface area contributed by atoms with Crippen LogP contribution < -0.4 is 5.32 Å². The Morgan fingerprint density at radius 3 is 2.86 bits per heavy atom. The van der Waals surface area contributed by atoms with E-state index in [4.69, 9.17) is 0 Å². The Hall–Kier alpha value is -1.80. The number of fused-ring (bicyclic) bond motifs is 2. The summed E-state index contributed by atoms with van der Waals surface area (Å²) in [6.07, 6.45) is 11.6. The lowest BCUT2D eigenvalue weighted by molar-refractivity contribution is -0.117. The average molecular weight is 415 g/mol. The van der Waals surface area contributed by atoms with Gasteiger partial charge in [0.15, 0.2) is 5.13 Å². The largest absolute Gasteiger partial charge is 0.315 e. The van der Waals surface area contributed by atoms with Gasteiger partial charge in [0.2, 0.25) is 5.91 Å². The minimum absolute atomic E-state index is 0.0526. The van der Waals surface area contributed by atoms with Crippen molar-refractivity contribution >= 4 is 22.4 Å². The fourth-order valence-corrected chi connectivity index (χ4v) is 6.05. The molecule has 0 saturated carbocycles. The van der Waals surface area contributed by atoms with Crippen molar-refractivity contribution in [3.05, 3.63) is 22.2 Å². The molecule has 1 atom stereocenters. The molecule has 1 saturated heterocycles. The van der Waals surface area contributed by atoms with Crippen molar-refractivity contribution in [2.45, 2.75) is 76.7 Å². The summed E-state index contributed by atoms with van der Waals surface area (Å²) in [6.45, 7) is 3.34. The number of hydrogen-bond donors (Lipinski definition) is 1. The molecule has 2 aromatic heterocycles. The molecule has 7 nitrogen and oxygen atoms in total. The first-order chi connectivity index (χ1) is 14.3. The van der Waals surface area contributed by atoms with Gasteiger partial charge in [-0.1, -0.05) is 6.42 Å². The van der Waals surface area contributed by atoms with E-state index in [1.165, 1.54) is 42.7 Å². The molecule has 4 heterocycles. The zero-order valence-corrected chi connectivity index (χ0v) is 17.8. The van der Waals surface area contributed by atoms with Crippen LogP contribution in [0.1, 0.15) is 73.1 Å². The summed E-state index contributed by atoms with van der Waals surface area (Å²) in [5.74, 6) is 2.72. The van der Waals surface area contributed by atoms with Crippen LogP contribution in [-0.4, -0.2) is 50.2 Å². The molecule has 156 valence electrons. The molecule has 1 N–H and O–H groups in total. The van der Waals surface area contributed by atoms with Gasteiger partial charge in [0.05, 0.1) is 12.2 Å². The predicted molar refractivity (Wildman–Crippen MR) is 113 cm³/mol. The highest BCUT2D eigenvalue weighted by Gasteiger charge is 2.28. The Kier molecular flexibility index (Phi) is 5.63. The van der Waals surface area contributed by atoms with E-state index in [1.54, 1.807) is 11.3 Å². The number of rotatable bonds is 4. The van der Waals surface area contributed by atoms with Gasteiger partial charge in [0, 0.05) is 30.3 Å². The van der Waals surface area contributed by atoms with Crippen molar-refractivity contribution in [2.75, 3.05) is 25.0 Å². The first kappa shape index (κ1) is 19.2. The molecule has 1 fully saturated rings. The summed E-state index contributed by atoms with van der Waals surface area (Å²) >= 11 is 1.66. The van der Waals surface area contributed by atoms with E-state index in [1.807, 2.05) is 0 Å². The monoisotopic (exact) mass is 414 g/mol. The van der Waals surface area contributed by atoms with Crippen LogP contribution in [0.25, 0.3) is 0 Å². The third kappa shape index (κ3) is 4.23. The molecule has 0 spiro atoms. The Morgan fingerprint density at radius 2 is 1.93 bits per heavy atom. The minimum atomic E-state index is 0.0526. The lowest BCUT2D eigenvalue weighted by Crippen LogP contribution is -2.40. The summed E-state index contributed by atoms with van der Waals surface area (Å²) in [5, 5.41) is 12.9. The third-order valence-corrected chi connectivity index (χ3v) is 7.54. The fourth-order valence-electron chi connectivity index (χ4n) is 4.99. The number of anilines is 1. The number of nitrogens with zero attached hydrogens (tertiary/aromatic N) is 5. The molecule has 1 unspecified atom stereocenters. The molecule has 1 amide bonds. The number of hydrogen-bond acceptors (Lipinski definition) is 6. The van der Waals surface area contributed by atoms with Gasteiger partial charge in [0.1, 0.15) is 11.6 Å². The summed E-state index contributed by atoms with van der Waals surface area (Å²) in [7, 11) is 0. The second-order valence-corrected chi connectivity index (χ2v) is 9.74. The number of amides is 1.